The van der Waals surface area contributed by atoms with Crippen molar-refractivity contribution in [2.24, 2.45) is 0 Å². The van der Waals surface area contributed by atoms with Crippen LogP contribution in [0.1, 0.15) is 41.4 Å². The molecule has 0 fully saturated rings. The maximum Gasteiger partial charge on any atom is 0.335 e. The third-order valence-corrected chi connectivity index (χ3v) is 4.37. The number of benzene rings is 2. The van der Waals surface area contributed by atoms with Gasteiger partial charge in [0.1, 0.15) is 0 Å². The largest absolute Gasteiger partial charge is 0.478 e. The van der Waals surface area contributed by atoms with E-state index < -0.39 is 5.97 Å². The van der Waals surface area contributed by atoms with Crippen LogP contribution in [0.15, 0.2) is 53.4 Å². The molecule has 2 N–H and O–H groups in total. The highest BCUT2D eigenvalue weighted by Gasteiger charge is 2.07. The number of carboxylic acids is 1. The second kappa shape index (κ2) is 8.01. The van der Waals surface area contributed by atoms with Gasteiger partial charge in [-0.05, 0) is 48.1 Å². The van der Waals surface area contributed by atoms with Gasteiger partial charge < -0.3 is 10.4 Å². The summed E-state index contributed by atoms with van der Waals surface area (Å²) < 4.78 is 0. The van der Waals surface area contributed by atoms with Crippen LogP contribution in [0.3, 0.4) is 0 Å². The lowest BCUT2D eigenvalue weighted by molar-refractivity contribution is 0.0696. The molecule has 1 unspecified atom stereocenters. The Labute approximate surface area is 135 Å². The van der Waals surface area contributed by atoms with Crippen LogP contribution in [-0.4, -0.2) is 16.8 Å². The summed E-state index contributed by atoms with van der Waals surface area (Å²) in [7, 11) is 0. The Balaban J connectivity index is 1.95. The number of rotatable bonds is 7. The number of carbonyl (C=O) groups is 1. The van der Waals surface area contributed by atoms with Gasteiger partial charge in [-0.3, -0.25) is 0 Å². The van der Waals surface area contributed by atoms with Crippen molar-refractivity contribution in [1.29, 1.82) is 0 Å². The summed E-state index contributed by atoms with van der Waals surface area (Å²) in [6, 6.07) is 15.8. The van der Waals surface area contributed by atoms with Crippen molar-refractivity contribution in [2.45, 2.75) is 31.3 Å². The fourth-order valence-corrected chi connectivity index (χ4v) is 2.88. The molecule has 0 aliphatic carbocycles. The van der Waals surface area contributed by atoms with E-state index in [0.717, 1.165) is 11.3 Å². The predicted octanol–water partition coefficient (Wildman–Crippen LogP) is 4.35. The van der Waals surface area contributed by atoms with Gasteiger partial charge in [0.15, 0.2) is 0 Å². The third kappa shape index (κ3) is 4.61. The van der Waals surface area contributed by atoms with Gasteiger partial charge >= 0.3 is 5.97 Å². The Morgan fingerprint density at radius 3 is 2.59 bits per heavy atom. The molecule has 0 bridgehead atoms. The van der Waals surface area contributed by atoms with Crippen LogP contribution >= 0.6 is 11.8 Å². The molecule has 0 radical (unpaired) electrons. The van der Waals surface area contributed by atoms with Gasteiger partial charge in [0.25, 0.3) is 0 Å². The average molecular weight is 315 g/mol. The molecule has 2 aromatic carbocycles. The molecule has 0 aliphatic rings. The molecule has 0 aromatic heterocycles. The number of hydrogen-bond donors (Lipinski definition) is 2. The summed E-state index contributed by atoms with van der Waals surface area (Å²) in [5.41, 5.74) is 2.53. The fourth-order valence-electron chi connectivity index (χ4n) is 2.22. The molecule has 0 amide bonds. The van der Waals surface area contributed by atoms with Crippen molar-refractivity contribution in [3.63, 3.8) is 0 Å². The van der Waals surface area contributed by atoms with Gasteiger partial charge in [0.05, 0.1) is 5.56 Å². The molecular weight excluding hydrogens is 294 g/mol. The van der Waals surface area contributed by atoms with E-state index in [1.165, 1.54) is 10.5 Å². The number of thioether (sulfide) groups is 1. The van der Waals surface area contributed by atoms with Crippen LogP contribution in [0.5, 0.6) is 0 Å². The Kier molecular flexibility index (Phi) is 6.04. The highest BCUT2D eigenvalue weighted by molar-refractivity contribution is 7.99. The van der Waals surface area contributed by atoms with Gasteiger partial charge in [-0.1, -0.05) is 31.2 Å². The van der Waals surface area contributed by atoms with E-state index in [0.29, 0.717) is 12.1 Å². The molecule has 1 atom stereocenters. The summed E-state index contributed by atoms with van der Waals surface area (Å²) in [4.78, 5) is 12.3. The first-order valence-corrected chi connectivity index (χ1v) is 8.37. The van der Waals surface area contributed by atoms with E-state index in [2.05, 4.69) is 43.4 Å². The predicted molar refractivity (Wildman–Crippen MR) is 91.5 cm³/mol. The summed E-state index contributed by atoms with van der Waals surface area (Å²) in [5, 5.41) is 12.4. The fraction of sp³-hybridized carbons (Fsp3) is 0.278. The molecule has 116 valence electrons. The lowest BCUT2D eigenvalue weighted by atomic mass is 10.1. The molecule has 0 aliphatic heterocycles. The number of nitrogens with one attached hydrogen (secondary N) is 1. The summed E-state index contributed by atoms with van der Waals surface area (Å²) >= 11 is 1.83. The van der Waals surface area contributed by atoms with Gasteiger partial charge in [-0.15, -0.1) is 11.8 Å². The van der Waals surface area contributed by atoms with Crippen molar-refractivity contribution in [3.8, 4) is 0 Å². The molecule has 0 spiro atoms. The normalized spacial score (nSPS) is 12.1. The van der Waals surface area contributed by atoms with Crippen LogP contribution in [0.4, 0.5) is 0 Å². The highest BCUT2D eigenvalue weighted by Crippen LogP contribution is 2.21. The van der Waals surface area contributed by atoms with Gasteiger partial charge in [0.2, 0.25) is 0 Å². The number of hydrogen-bond acceptors (Lipinski definition) is 3. The molecule has 0 saturated carbocycles. The van der Waals surface area contributed by atoms with Crippen LogP contribution in [0.2, 0.25) is 0 Å². The quantitative estimate of drug-likeness (QED) is 0.746. The molecule has 0 saturated heterocycles. The molecule has 4 heteroatoms. The molecular formula is C18H21NO2S. The van der Waals surface area contributed by atoms with Crippen LogP contribution in [0.25, 0.3) is 0 Å². The highest BCUT2D eigenvalue weighted by atomic mass is 32.2. The minimum atomic E-state index is -0.890. The van der Waals surface area contributed by atoms with Gasteiger partial charge in [0, 0.05) is 17.5 Å². The molecule has 2 aromatic rings. The van der Waals surface area contributed by atoms with E-state index in [1.807, 2.05) is 17.8 Å². The number of aromatic carboxylic acids is 1. The first-order chi connectivity index (χ1) is 10.6. The maximum absolute atomic E-state index is 11.0. The Morgan fingerprint density at radius 2 is 1.95 bits per heavy atom. The monoisotopic (exact) mass is 315 g/mol. The lowest BCUT2D eigenvalue weighted by Gasteiger charge is -2.15. The van der Waals surface area contributed by atoms with E-state index in [-0.39, 0.29) is 6.04 Å². The van der Waals surface area contributed by atoms with E-state index in [1.54, 1.807) is 18.2 Å². The SMILES string of the molecule is CCSc1ccc(C(C)NCc2cccc(C(=O)O)c2)cc1. The van der Waals surface area contributed by atoms with Gasteiger partial charge in [-0.25, -0.2) is 4.79 Å². The Hall–Kier alpha value is -1.78. The topological polar surface area (TPSA) is 49.3 Å². The third-order valence-electron chi connectivity index (χ3n) is 3.48. The molecule has 2 rings (SSSR count). The average Bonchev–Trinajstić information content (AvgIpc) is 2.54. The van der Waals surface area contributed by atoms with Gasteiger partial charge in [-0.2, -0.15) is 0 Å². The van der Waals surface area contributed by atoms with Crippen molar-refractivity contribution in [1.82, 2.24) is 5.32 Å². The Morgan fingerprint density at radius 1 is 1.23 bits per heavy atom. The smallest absolute Gasteiger partial charge is 0.335 e. The van der Waals surface area contributed by atoms with Crippen LogP contribution in [0, 0.1) is 0 Å². The first kappa shape index (κ1) is 16.6. The maximum atomic E-state index is 11.0. The lowest BCUT2D eigenvalue weighted by Crippen LogP contribution is -2.18. The molecule has 0 heterocycles. The Bertz CT molecular complexity index is 625. The van der Waals surface area contributed by atoms with Crippen molar-refractivity contribution >= 4 is 17.7 Å². The van der Waals surface area contributed by atoms with Crippen molar-refractivity contribution in [3.05, 3.63) is 65.2 Å². The zero-order valence-corrected chi connectivity index (χ0v) is 13.7. The zero-order chi connectivity index (χ0) is 15.9. The first-order valence-electron chi connectivity index (χ1n) is 7.38. The standard InChI is InChI=1S/C18H21NO2S/c1-3-22-17-9-7-15(8-10-17)13(2)19-12-14-5-4-6-16(11-14)18(20)21/h4-11,13,19H,3,12H2,1-2H3,(H,20,21). The summed E-state index contributed by atoms with van der Waals surface area (Å²) in [6.45, 7) is 4.91. The minimum absolute atomic E-state index is 0.217. The number of carboxylic acid groups (broad SMARTS) is 1. The molecule has 22 heavy (non-hydrogen) atoms. The second-order valence-corrected chi connectivity index (χ2v) is 6.45. The van der Waals surface area contributed by atoms with Crippen molar-refractivity contribution in [2.75, 3.05) is 5.75 Å². The van der Waals surface area contributed by atoms with Crippen LogP contribution in [-0.2, 0) is 6.54 Å². The minimum Gasteiger partial charge on any atom is -0.478 e. The van der Waals surface area contributed by atoms with Crippen LogP contribution < -0.4 is 5.32 Å². The van der Waals surface area contributed by atoms with E-state index >= 15 is 0 Å². The molecule has 3 nitrogen and oxygen atoms in total. The van der Waals surface area contributed by atoms with E-state index in [4.69, 9.17) is 5.11 Å². The summed E-state index contributed by atoms with van der Waals surface area (Å²) in [6.07, 6.45) is 0. The van der Waals surface area contributed by atoms with E-state index in [9.17, 15) is 4.79 Å². The van der Waals surface area contributed by atoms with Crippen molar-refractivity contribution < 1.29 is 9.90 Å². The zero-order valence-electron chi connectivity index (χ0n) is 12.9. The summed E-state index contributed by atoms with van der Waals surface area (Å²) in [5.74, 6) is 0.187. The second-order valence-electron chi connectivity index (χ2n) is 5.11.